The number of benzene rings is 1. The average molecular weight is 567 g/mol. The third-order valence-electron chi connectivity index (χ3n) is 7.36. The van der Waals surface area contributed by atoms with E-state index in [2.05, 4.69) is 25.2 Å². The zero-order valence-electron chi connectivity index (χ0n) is 24.3. The third-order valence-corrected chi connectivity index (χ3v) is 8.54. The number of alkyl carbamates (subject to hydrolysis) is 1. The molecule has 1 saturated carbocycles. The van der Waals surface area contributed by atoms with Gasteiger partial charge in [-0.3, -0.25) is 4.79 Å². The van der Waals surface area contributed by atoms with Crippen LogP contribution in [0.1, 0.15) is 93.7 Å². The number of methoxy groups -OCH3 is 1. The molecule has 1 unspecified atom stereocenters. The summed E-state index contributed by atoms with van der Waals surface area (Å²) in [5.74, 6) is -0.00432. The van der Waals surface area contributed by atoms with Crippen molar-refractivity contribution in [2.24, 2.45) is 5.41 Å². The summed E-state index contributed by atoms with van der Waals surface area (Å²) in [6, 6.07) is 5.83. The lowest BCUT2D eigenvalue weighted by Crippen LogP contribution is -2.38. The van der Waals surface area contributed by atoms with Crippen molar-refractivity contribution in [3.63, 3.8) is 0 Å². The fourth-order valence-electron chi connectivity index (χ4n) is 5.57. The van der Waals surface area contributed by atoms with Crippen LogP contribution in [0.25, 0.3) is 21.3 Å². The van der Waals surface area contributed by atoms with Gasteiger partial charge in [-0.1, -0.05) is 13.8 Å². The van der Waals surface area contributed by atoms with Crippen molar-refractivity contribution in [2.75, 3.05) is 13.7 Å². The SMILES string of the molecule is CCOC(=O)c1cn(C2CC2)c2c(OC)c(-c3cc4c(s3)CC(C)(C)CC4NC(=O)OC(C)(C)C)ccc2c1=O. The number of amides is 1. The number of thiophene rings is 1. The van der Waals surface area contributed by atoms with Crippen LogP contribution >= 0.6 is 11.3 Å². The molecule has 8 nitrogen and oxygen atoms in total. The molecule has 0 saturated heterocycles. The Hall–Kier alpha value is -3.33. The number of rotatable bonds is 6. The summed E-state index contributed by atoms with van der Waals surface area (Å²) in [6.07, 6.45) is 4.83. The Morgan fingerprint density at radius 1 is 1.20 bits per heavy atom. The summed E-state index contributed by atoms with van der Waals surface area (Å²) in [4.78, 5) is 40.9. The monoisotopic (exact) mass is 566 g/mol. The van der Waals surface area contributed by atoms with E-state index in [1.54, 1.807) is 37.6 Å². The summed E-state index contributed by atoms with van der Waals surface area (Å²) in [6.45, 7) is 11.9. The van der Waals surface area contributed by atoms with E-state index in [1.807, 2.05) is 31.4 Å². The molecule has 0 bridgehead atoms. The van der Waals surface area contributed by atoms with Crippen LogP contribution in [0.15, 0.2) is 29.2 Å². The van der Waals surface area contributed by atoms with Crippen molar-refractivity contribution >= 4 is 34.3 Å². The Balaban J connectivity index is 1.62. The van der Waals surface area contributed by atoms with Gasteiger partial charge in [-0.05, 0) is 82.6 Å². The zero-order chi connectivity index (χ0) is 29.0. The second kappa shape index (κ2) is 10.3. The largest absolute Gasteiger partial charge is 0.494 e. The fraction of sp³-hybridized carbons (Fsp3) is 0.516. The van der Waals surface area contributed by atoms with Gasteiger partial charge in [-0.2, -0.15) is 0 Å². The minimum Gasteiger partial charge on any atom is -0.494 e. The normalized spacial score (nSPS) is 18.2. The fourth-order valence-corrected chi connectivity index (χ4v) is 7.07. The van der Waals surface area contributed by atoms with Crippen LogP contribution in [-0.4, -0.2) is 35.9 Å². The lowest BCUT2D eigenvalue weighted by Gasteiger charge is -2.35. The first-order valence-electron chi connectivity index (χ1n) is 13.9. The third kappa shape index (κ3) is 5.48. The minimum atomic E-state index is -0.607. The highest BCUT2D eigenvalue weighted by Crippen LogP contribution is 2.49. The average Bonchev–Trinajstić information content (AvgIpc) is 3.61. The quantitative estimate of drug-likeness (QED) is 0.330. The molecule has 2 aliphatic rings. The molecule has 0 radical (unpaired) electrons. The summed E-state index contributed by atoms with van der Waals surface area (Å²) >= 11 is 1.69. The molecule has 214 valence electrons. The van der Waals surface area contributed by atoms with E-state index in [9.17, 15) is 14.4 Å². The first-order chi connectivity index (χ1) is 18.8. The molecule has 9 heteroatoms. The molecule has 1 atom stereocenters. The highest BCUT2D eigenvalue weighted by atomic mass is 32.1. The van der Waals surface area contributed by atoms with Gasteiger partial charge in [0.15, 0.2) is 5.75 Å². The van der Waals surface area contributed by atoms with Gasteiger partial charge in [0.25, 0.3) is 0 Å². The van der Waals surface area contributed by atoms with E-state index >= 15 is 0 Å². The van der Waals surface area contributed by atoms with Crippen molar-refractivity contribution in [1.29, 1.82) is 0 Å². The van der Waals surface area contributed by atoms with Crippen LogP contribution in [0.2, 0.25) is 0 Å². The maximum Gasteiger partial charge on any atom is 0.408 e. The van der Waals surface area contributed by atoms with Gasteiger partial charge < -0.3 is 24.1 Å². The number of pyridine rings is 1. The highest BCUT2D eigenvalue weighted by Gasteiger charge is 2.36. The first-order valence-corrected chi connectivity index (χ1v) is 14.7. The van der Waals surface area contributed by atoms with Crippen LogP contribution in [0.4, 0.5) is 4.79 Å². The number of hydrogen-bond donors (Lipinski definition) is 1. The van der Waals surface area contributed by atoms with Gasteiger partial charge in [-0.25, -0.2) is 9.59 Å². The summed E-state index contributed by atoms with van der Waals surface area (Å²) < 4.78 is 18.7. The number of fused-ring (bicyclic) bond motifs is 2. The van der Waals surface area contributed by atoms with Crippen molar-refractivity contribution in [1.82, 2.24) is 9.88 Å². The number of hydrogen-bond acceptors (Lipinski definition) is 7. The summed E-state index contributed by atoms with van der Waals surface area (Å²) in [5, 5.41) is 3.54. The second-order valence-corrected chi connectivity index (χ2v) is 13.6. The molecular formula is C31H38N2O6S. The molecule has 40 heavy (non-hydrogen) atoms. The lowest BCUT2D eigenvalue weighted by molar-refractivity contribution is 0.0482. The number of aromatic nitrogens is 1. The Bertz CT molecular complexity index is 1540. The van der Waals surface area contributed by atoms with Gasteiger partial charge in [0, 0.05) is 27.6 Å². The van der Waals surface area contributed by atoms with E-state index < -0.39 is 17.7 Å². The van der Waals surface area contributed by atoms with Gasteiger partial charge in [0.05, 0.1) is 30.7 Å². The topological polar surface area (TPSA) is 95.9 Å². The minimum absolute atomic E-state index is 0.00176. The first kappa shape index (κ1) is 28.2. The van der Waals surface area contributed by atoms with Crippen LogP contribution in [-0.2, 0) is 15.9 Å². The van der Waals surface area contributed by atoms with E-state index in [0.29, 0.717) is 16.7 Å². The molecule has 3 aromatic rings. The number of ether oxygens (including phenoxy) is 3. The second-order valence-electron chi connectivity index (χ2n) is 12.5. The Morgan fingerprint density at radius 3 is 2.55 bits per heavy atom. The van der Waals surface area contributed by atoms with Crippen LogP contribution in [0.3, 0.4) is 0 Å². The van der Waals surface area contributed by atoms with Crippen molar-refractivity contribution in [3.05, 3.63) is 50.6 Å². The molecular weight excluding hydrogens is 528 g/mol. The van der Waals surface area contributed by atoms with Gasteiger partial charge in [-0.15, -0.1) is 11.3 Å². The molecule has 1 fully saturated rings. The molecule has 0 spiro atoms. The standard InChI is InChI=1S/C31H38N2O6S/c1-8-38-28(35)21-16-33(17-9-10-17)25-19(26(21)34)12-11-18(27(25)37-7)23-13-20-22(32-29(36)39-30(2,3)4)14-31(5,6)15-24(20)40-23/h11-13,16-17,22H,8-10,14-15H2,1-7H3,(H,32,36). The van der Waals surface area contributed by atoms with E-state index in [1.165, 1.54) is 4.88 Å². The summed E-state index contributed by atoms with van der Waals surface area (Å²) in [7, 11) is 1.61. The zero-order valence-corrected chi connectivity index (χ0v) is 25.1. The van der Waals surface area contributed by atoms with Crippen molar-refractivity contribution in [2.45, 2.75) is 84.9 Å². The predicted octanol–water partition coefficient (Wildman–Crippen LogP) is 6.79. The van der Waals surface area contributed by atoms with E-state index in [4.69, 9.17) is 14.2 Å². The molecule has 2 aromatic heterocycles. The van der Waals surface area contributed by atoms with Gasteiger partial charge in [0.1, 0.15) is 11.2 Å². The highest BCUT2D eigenvalue weighted by molar-refractivity contribution is 7.15. The molecule has 5 rings (SSSR count). The number of carbonyl (C=O) groups excluding carboxylic acids is 2. The molecule has 1 N–H and O–H groups in total. The Kier molecular flexibility index (Phi) is 7.23. The molecule has 1 aromatic carbocycles. The Labute approximate surface area is 238 Å². The number of carbonyl (C=O) groups is 2. The predicted molar refractivity (Wildman–Crippen MR) is 157 cm³/mol. The number of nitrogens with one attached hydrogen (secondary N) is 1. The number of esters is 1. The van der Waals surface area contributed by atoms with Crippen molar-refractivity contribution < 1.29 is 23.8 Å². The molecule has 2 heterocycles. The maximum absolute atomic E-state index is 13.4. The number of nitrogens with zero attached hydrogens (tertiary/aromatic N) is 1. The summed E-state index contributed by atoms with van der Waals surface area (Å²) in [5.41, 5.74) is 1.75. The van der Waals surface area contributed by atoms with Crippen LogP contribution < -0.4 is 15.5 Å². The lowest BCUT2D eigenvalue weighted by atomic mass is 9.75. The molecule has 0 aliphatic heterocycles. The van der Waals surface area contributed by atoms with E-state index in [-0.39, 0.29) is 35.1 Å². The smallest absolute Gasteiger partial charge is 0.408 e. The van der Waals surface area contributed by atoms with Gasteiger partial charge in [0.2, 0.25) is 5.43 Å². The van der Waals surface area contributed by atoms with E-state index in [0.717, 1.165) is 41.7 Å². The van der Waals surface area contributed by atoms with Crippen LogP contribution in [0.5, 0.6) is 5.75 Å². The molecule has 1 amide bonds. The Morgan fingerprint density at radius 2 is 1.93 bits per heavy atom. The van der Waals surface area contributed by atoms with Crippen LogP contribution in [0, 0.1) is 5.41 Å². The van der Waals surface area contributed by atoms with Gasteiger partial charge >= 0.3 is 12.1 Å². The molecule has 2 aliphatic carbocycles. The van der Waals surface area contributed by atoms with Crippen molar-refractivity contribution in [3.8, 4) is 16.2 Å². The maximum atomic E-state index is 13.4.